The molecule has 154 valence electrons. The van der Waals surface area contributed by atoms with Crippen LogP contribution < -0.4 is 0 Å². The van der Waals surface area contributed by atoms with Gasteiger partial charge in [0.1, 0.15) is 0 Å². The van der Waals surface area contributed by atoms with E-state index in [2.05, 4.69) is 45.7 Å². The molecule has 1 aliphatic heterocycles. The molecule has 1 aliphatic rings. The topological polar surface area (TPSA) is 80.3 Å². The number of aromatic nitrogens is 4. The third-order valence-corrected chi connectivity index (χ3v) is 6.07. The second-order valence-electron chi connectivity index (χ2n) is 7.72. The van der Waals surface area contributed by atoms with Gasteiger partial charge in [-0.2, -0.15) is 0 Å². The molecule has 1 amide bonds. The summed E-state index contributed by atoms with van der Waals surface area (Å²) in [5.74, 6) is 1.77. The number of hydrogen-bond donors (Lipinski definition) is 0. The minimum absolute atomic E-state index is 0.0439. The molecule has 3 aromatic rings. The molecule has 0 aromatic carbocycles. The van der Waals surface area contributed by atoms with Crippen molar-refractivity contribution >= 4 is 17.2 Å². The van der Waals surface area contributed by atoms with Crippen molar-refractivity contribution in [3.05, 3.63) is 52.4 Å². The normalized spacial score (nSPS) is 16.4. The minimum atomic E-state index is -0.0439. The molecule has 1 unspecified atom stereocenters. The van der Waals surface area contributed by atoms with Crippen molar-refractivity contribution < 1.29 is 9.21 Å². The number of furan rings is 1. The van der Waals surface area contributed by atoms with Gasteiger partial charge in [-0.25, -0.2) is 4.68 Å². The Hall–Kier alpha value is -2.52. The predicted molar refractivity (Wildman–Crippen MR) is 110 cm³/mol. The second kappa shape index (κ2) is 8.87. The predicted octanol–water partition coefficient (Wildman–Crippen LogP) is 2.92. The number of amides is 1. The molecule has 0 N–H and O–H groups in total. The van der Waals surface area contributed by atoms with Crippen molar-refractivity contribution in [1.82, 2.24) is 30.0 Å². The number of carbonyl (C=O) groups is 1. The van der Waals surface area contributed by atoms with Gasteiger partial charge in [0.2, 0.25) is 0 Å². The maximum absolute atomic E-state index is 12.6. The molecule has 9 heteroatoms. The van der Waals surface area contributed by atoms with Crippen LogP contribution in [0.25, 0.3) is 0 Å². The fourth-order valence-corrected chi connectivity index (χ4v) is 4.46. The number of tetrazole rings is 1. The number of piperazine rings is 1. The summed E-state index contributed by atoms with van der Waals surface area (Å²) in [6.07, 6.45) is 2.51. The highest BCUT2D eigenvalue weighted by atomic mass is 32.1. The molecule has 0 bridgehead atoms. The molecule has 29 heavy (non-hydrogen) atoms. The zero-order valence-electron chi connectivity index (χ0n) is 16.8. The van der Waals surface area contributed by atoms with Crippen molar-refractivity contribution in [2.45, 2.75) is 32.9 Å². The number of nitrogens with zero attached hydrogens (tertiary/aromatic N) is 6. The van der Waals surface area contributed by atoms with Gasteiger partial charge in [-0.15, -0.1) is 16.4 Å². The van der Waals surface area contributed by atoms with Crippen LogP contribution in [0.5, 0.6) is 0 Å². The van der Waals surface area contributed by atoms with E-state index in [0.717, 1.165) is 25.3 Å². The van der Waals surface area contributed by atoms with Crippen LogP contribution in [-0.4, -0.2) is 62.1 Å². The zero-order valence-corrected chi connectivity index (χ0v) is 17.6. The Bertz CT molecular complexity index is 897. The molecule has 1 fully saturated rings. The Kier molecular flexibility index (Phi) is 6.05. The smallest absolute Gasteiger partial charge is 0.289 e. The van der Waals surface area contributed by atoms with E-state index in [1.807, 2.05) is 15.6 Å². The highest BCUT2D eigenvalue weighted by Crippen LogP contribution is 2.28. The first-order valence-corrected chi connectivity index (χ1v) is 10.8. The summed E-state index contributed by atoms with van der Waals surface area (Å²) < 4.78 is 7.18. The average molecular weight is 415 g/mol. The van der Waals surface area contributed by atoms with Crippen LogP contribution in [0.3, 0.4) is 0 Å². The Labute approximate surface area is 174 Å². The van der Waals surface area contributed by atoms with Gasteiger partial charge in [0, 0.05) is 31.1 Å². The lowest BCUT2D eigenvalue weighted by molar-refractivity contribution is 0.0500. The number of hydrogen-bond acceptors (Lipinski definition) is 7. The summed E-state index contributed by atoms with van der Waals surface area (Å²) >= 11 is 1.71. The van der Waals surface area contributed by atoms with Crippen molar-refractivity contribution in [2.24, 2.45) is 5.92 Å². The molecule has 3 aromatic heterocycles. The maximum Gasteiger partial charge on any atom is 0.289 e. The van der Waals surface area contributed by atoms with E-state index in [1.165, 1.54) is 11.1 Å². The summed E-state index contributed by atoms with van der Waals surface area (Å²) in [7, 11) is 0. The van der Waals surface area contributed by atoms with Gasteiger partial charge < -0.3 is 9.32 Å². The summed E-state index contributed by atoms with van der Waals surface area (Å²) in [5.41, 5.74) is 0. The lowest BCUT2D eigenvalue weighted by Crippen LogP contribution is -2.50. The van der Waals surface area contributed by atoms with E-state index in [0.29, 0.717) is 31.3 Å². The van der Waals surface area contributed by atoms with Gasteiger partial charge in [0.05, 0.1) is 18.8 Å². The first kappa shape index (κ1) is 19.8. The van der Waals surface area contributed by atoms with E-state index < -0.39 is 0 Å². The van der Waals surface area contributed by atoms with E-state index in [9.17, 15) is 4.79 Å². The minimum Gasteiger partial charge on any atom is -0.459 e. The fraction of sp³-hybridized carbons (Fsp3) is 0.500. The monoisotopic (exact) mass is 414 g/mol. The van der Waals surface area contributed by atoms with Crippen molar-refractivity contribution in [3.63, 3.8) is 0 Å². The van der Waals surface area contributed by atoms with Gasteiger partial charge in [0.15, 0.2) is 11.6 Å². The molecule has 0 aliphatic carbocycles. The van der Waals surface area contributed by atoms with Crippen molar-refractivity contribution in [1.29, 1.82) is 0 Å². The number of thiophene rings is 1. The quantitative estimate of drug-likeness (QED) is 0.591. The van der Waals surface area contributed by atoms with Gasteiger partial charge >= 0.3 is 0 Å². The van der Waals surface area contributed by atoms with E-state index in [-0.39, 0.29) is 11.9 Å². The molecular formula is C20H26N6O2S. The lowest BCUT2D eigenvalue weighted by Gasteiger charge is -2.39. The van der Waals surface area contributed by atoms with Crippen LogP contribution in [0, 0.1) is 5.92 Å². The van der Waals surface area contributed by atoms with Gasteiger partial charge in [-0.3, -0.25) is 9.69 Å². The van der Waals surface area contributed by atoms with Crippen LogP contribution in [0.4, 0.5) is 0 Å². The molecule has 0 radical (unpaired) electrons. The number of carbonyl (C=O) groups excluding carboxylic acids is 1. The third-order valence-electron chi connectivity index (χ3n) is 5.21. The van der Waals surface area contributed by atoms with Crippen LogP contribution in [0.2, 0.25) is 0 Å². The standard InChI is InChI=1S/C20H26N6O2S/c1-15(2)13-17(19-21-22-23-26(19)14-16-5-4-12-29-16)24-7-9-25(10-8-24)20(27)18-6-3-11-28-18/h3-6,11-12,15,17H,7-10,13-14H2,1-2H3. The zero-order chi connectivity index (χ0) is 20.2. The van der Waals surface area contributed by atoms with Crippen molar-refractivity contribution in [2.75, 3.05) is 26.2 Å². The molecule has 8 nitrogen and oxygen atoms in total. The lowest BCUT2D eigenvalue weighted by atomic mass is 10.0. The Balaban J connectivity index is 1.47. The highest BCUT2D eigenvalue weighted by molar-refractivity contribution is 7.09. The largest absolute Gasteiger partial charge is 0.459 e. The van der Waals surface area contributed by atoms with E-state index >= 15 is 0 Å². The molecule has 4 rings (SSSR count). The average Bonchev–Trinajstić information content (AvgIpc) is 3.49. The Morgan fingerprint density at radius 2 is 2.03 bits per heavy atom. The first-order chi connectivity index (χ1) is 14.1. The number of rotatable bonds is 7. The molecule has 0 saturated carbocycles. The Morgan fingerprint density at radius 3 is 2.69 bits per heavy atom. The Morgan fingerprint density at radius 1 is 1.21 bits per heavy atom. The van der Waals surface area contributed by atoms with Crippen molar-refractivity contribution in [3.8, 4) is 0 Å². The van der Waals surface area contributed by atoms with Crippen LogP contribution in [-0.2, 0) is 6.54 Å². The van der Waals surface area contributed by atoms with Crippen LogP contribution in [0.15, 0.2) is 40.3 Å². The molecule has 0 spiro atoms. The van der Waals surface area contributed by atoms with Gasteiger partial charge in [-0.05, 0) is 46.3 Å². The van der Waals surface area contributed by atoms with Crippen LogP contribution in [0.1, 0.15) is 47.6 Å². The van der Waals surface area contributed by atoms with Gasteiger partial charge in [-0.1, -0.05) is 19.9 Å². The summed E-state index contributed by atoms with van der Waals surface area (Å²) in [6.45, 7) is 8.03. The van der Waals surface area contributed by atoms with Gasteiger partial charge in [0.25, 0.3) is 5.91 Å². The first-order valence-electron chi connectivity index (χ1n) is 9.97. The van der Waals surface area contributed by atoms with Crippen LogP contribution >= 0.6 is 11.3 Å². The summed E-state index contributed by atoms with van der Waals surface area (Å²) in [5, 5.41) is 14.7. The molecular weight excluding hydrogens is 388 g/mol. The summed E-state index contributed by atoms with van der Waals surface area (Å²) in [6, 6.07) is 7.74. The SMILES string of the molecule is CC(C)CC(c1nnnn1Cc1cccs1)N1CCN(C(=O)c2ccco2)CC1. The highest BCUT2D eigenvalue weighted by Gasteiger charge is 2.31. The molecule has 1 saturated heterocycles. The fourth-order valence-electron chi connectivity index (χ4n) is 3.77. The summed E-state index contributed by atoms with van der Waals surface area (Å²) in [4.78, 5) is 18.0. The molecule has 1 atom stereocenters. The third kappa shape index (κ3) is 4.56. The van der Waals surface area contributed by atoms with E-state index in [4.69, 9.17) is 4.42 Å². The second-order valence-corrected chi connectivity index (χ2v) is 8.76. The van der Waals surface area contributed by atoms with E-state index in [1.54, 1.807) is 23.5 Å². The maximum atomic E-state index is 12.6. The molecule has 4 heterocycles.